The van der Waals surface area contributed by atoms with E-state index in [0.717, 1.165) is 21.1 Å². The predicted octanol–water partition coefficient (Wildman–Crippen LogP) is 4.62. The maximum Gasteiger partial charge on any atom is 0.196 e. The van der Waals surface area contributed by atoms with Crippen LogP contribution in [0, 0.1) is 0 Å². The maximum atomic E-state index is 13.0. The predicted molar refractivity (Wildman–Crippen MR) is 89.3 cm³/mol. The molecule has 0 bridgehead atoms. The van der Waals surface area contributed by atoms with Crippen molar-refractivity contribution in [2.24, 2.45) is 0 Å². The molecule has 2 aromatic carbocycles. The molecule has 0 saturated heterocycles. The van der Waals surface area contributed by atoms with Gasteiger partial charge in [0.05, 0.1) is 10.9 Å². The van der Waals surface area contributed by atoms with E-state index in [1.165, 1.54) is 0 Å². The van der Waals surface area contributed by atoms with Gasteiger partial charge in [0.1, 0.15) is 5.52 Å². The number of hydrogen-bond acceptors (Lipinski definition) is 4. The van der Waals surface area contributed by atoms with Crippen molar-refractivity contribution in [2.45, 2.75) is 19.9 Å². The summed E-state index contributed by atoms with van der Waals surface area (Å²) in [5.74, 6) is 0.667. The number of fused-ring (bicyclic) bond motifs is 2. The van der Waals surface area contributed by atoms with Gasteiger partial charge in [-0.3, -0.25) is 4.79 Å². The molecule has 0 fully saturated rings. The molecule has 22 heavy (non-hydrogen) atoms. The van der Waals surface area contributed by atoms with Gasteiger partial charge in [-0.05, 0) is 35.8 Å². The number of halogens is 1. The van der Waals surface area contributed by atoms with Gasteiger partial charge in [0.2, 0.25) is 0 Å². The average molecular weight is 357 g/mol. The van der Waals surface area contributed by atoms with Crippen molar-refractivity contribution in [1.82, 2.24) is 5.16 Å². The fourth-order valence-corrected chi connectivity index (χ4v) is 3.44. The van der Waals surface area contributed by atoms with Crippen LogP contribution in [0.2, 0.25) is 0 Å². The molecule has 0 amide bonds. The summed E-state index contributed by atoms with van der Waals surface area (Å²) in [7, 11) is 0. The molecule has 0 atom stereocenters. The Morgan fingerprint density at radius 3 is 2.68 bits per heavy atom. The molecule has 4 nitrogen and oxygen atoms in total. The van der Waals surface area contributed by atoms with Crippen LogP contribution in [0.4, 0.5) is 5.69 Å². The highest BCUT2D eigenvalue weighted by atomic mass is 79.9. The van der Waals surface area contributed by atoms with Crippen molar-refractivity contribution in [1.29, 1.82) is 0 Å². The molecule has 4 rings (SSSR count). The topological polar surface area (TPSA) is 55.1 Å². The molecule has 5 heteroatoms. The van der Waals surface area contributed by atoms with Crippen LogP contribution in [0.3, 0.4) is 0 Å². The van der Waals surface area contributed by atoms with Crippen LogP contribution in [0.15, 0.2) is 39.3 Å². The van der Waals surface area contributed by atoms with Crippen LogP contribution in [0.5, 0.6) is 0 Å². The summed E-state index contributed by atoms with van der Waals surface area (Å²) in [6.45, 7) is 4.08. The third-order valence-electron chi connectivity index (χ3n) is 3.80. The molecule has 1 aliphatic rings. The van der Waals surface area contributed by atoms with Crippen LogP contribution >= 0.6 is 15.9 Å². The van der Waals surface area contributed by atoms with E-state index in [2.05, 4.69) is 26.4 Å². The number of carbonyl (C=O) groups excluding carboxylic acids is 1. The molecule has 0 spiro atoms. The Morgan fingerprint density at radius 2 is 1.95 bits per heavy atom. The largest absolute Gasteiger partial charge is 0.382 e. The van der Waals surface area contributed by atoms with Gasteiger partial charge in [-0.15, -0.1) is 0 Å². The smallest absolute Gasteiger partial charge is 0.196 e. The number of hydrogen-bond donors (Lipinski definition) is 1. The fraction of sp³-hybridized carbons (Fsp3) is 0.176. The molecular weight excluding hydrogens is 344 g/mol. The lowest BCUT2D eigenvalue weighted by Crippen LogP contribution is -2.16. The van der Waals surface area contributed by atoms with Crippen molar-refractivity contribution in [3.05, 3.63) is 45.9 Å². The summed E-state index contributed by atoms with van der Waals surface area (Å²) in [4.78, 5) is 13.0. The summed E-state index contributed by atoms with van der Waals surface area (Å²) >= 11 is 3.52. The van der Waals surface area contributed by atoms with Gasteiger partial charge in [0, 0.05) is 27.3 Å². The first kappa shape index (κ1) is 13.5. The molecule has 3 aromatic rings. The minimum Gasteiger partial charge on any atom is -0.382 e. The minimum absolute atomic E-state index is 0.00644. The highest BCUT2D eigenvalue weighted by Crippen LogP contribution is 2.44. The van der Waals surface area contributed by atoms with Crippen LogP contribution in [-0.2, 0) is 0 Å². The van der Waals surface area contributed by atoms with Gasteiger partial charge in [-0.2, -0.15) is 0 Å². The lowest BCUT2D eigenvalue weighted by Gasteiger charge is -2.19. The number of benzene rings is 2. The zero-order chi connectivity index (χ0) is 15.4. The van der Waals surface area contributed by atoms with Crippen molar-refractivity contribution >= 4 is 38.3 Å². The third kappa shape index (κ3) is 1.75. The molecule has 0 radical (unpaired) electrons. The number of ketones is 1. The molecule has 1 aromatic heterocycles. The van der Waals surface area contributed by atoms with Crippen molar-refractivity contribution in [3.8, 4) is 11.3 Å². The molecule has 110 valence electrons. The van der Waals surface area contributed by atoms with E-state index >= 15 is 0 Å². The Labute approximate surface area is 135 Å². The highest BCUT2D eigenvalue weighted by Gasteiger charge is 2.32. The molecule has 0 unspecified atom stereocenters. The van der Waals surface area contributed by atoms with Crippen molar-refractivity contribution in [2.75, 3.05) is 5.32 Å². The Morgan fingerprint density at radius 1 is 1.23 bits per heavy atom. The number of rotatable bonds is 2. The first-order valence-corrected chi connectivity index (χ1v) is 7.89. The van der Waals surface area contributed by atoms with E-state index in [4.69, 9.17) is 4.52 Å². The normalized spacial score (nSPS) is 12.8. The SMILES string of the molecule is CC(C)Nc1cc(Br)c2noc3c2c1C(=O)c1ccccc1-3. The zero-order valence-corrected chi connectivity index (χ0v) is 13.7. The lowest BCUT2D eigenvalue weighted by molar-refractivity contribution is 0.104. The Balaban J connectivity index is 2.14. The Bertz CT molecular complexity index is 928. The number of carbonyl (C=O) groups is 1. The average Bonchev–Trinajstić information content (AvgIpc) is 2.91. The molecule has 1 aliphatic carbocycles. The molecule has 1 heterocycles. The summed E-state index contributed by atoms with van der Waals surface area (Å²) in [6.07, 6.45) is 0. The number of nitrogens with one attached hydrogen (secondary N) is 1. The zero-order valence-electron chi connectivity index (χ0n) is 12.1. The monoisotopic (exact) mass is 356 g/mol. The van der Waals surface area contributed by atoms with Gasteiger partial charge < -0.3 is 9.84 Å². The summed E-state index contributed by atoms with van der Waals surface area (Å²) in [6, 6.07) is 9.60. The quantitative estimate of drug-likeness (QED) is 0.569. The van der Waals surface area contributed by atoms with E-state index < -0.39 is 0 Å². The first-order valence-electron chi connectivity index (χ1n) is 7.10. The first-order chi connectivity index (χ1) is 10.6. The van der Waals surface area contributed by atoms with Gasteiger partial charge in [-0.25, -0.2) is 0 Å². The second kappa shape index (κ2) is 4.68. The van der Waals surface area contributed by atoms with Crippen molar-refractivity contribution in [3.63, 3.8) is 0 Å². The summed E-state index contributed by atoms with van der Waals surface area (Å²) in [5, 5.41) is 8.27. The standard InChI is InChI=1S/C17H13BrN2O2/c1-8(2)19-12-7-11(18)15-14-13(12)16(21)9-5-3-4-6-10(9)17(14)22-20-15/h3-8,19H,1-2H3. The van der Waals surface area contributed by atoms with Crippen LogP contribution in [0.25, 0.3) is 22.2 Å². The van der Waals surface area contributed by atoms with Gasteiger partial charge in [0.25, 0.3) is 0 Å². The van der Waals surface area contributed by atoms with Crippen molar-refractivity contribution < 1.29 is 9.32 Å². The van der Waals surface area contributed by atoms with Gasteiger partial charge in [-0.1, -0.05) is 29.4 Å². The second-order valence-electron chi connectivity index (χ2n) is 5.69. The molecule has 0 saturated carbocycles. The van der Waals surface area contributed by atoms with E-state index in [9.17, 15) is 4.79 Å². The summed E-state index contributed by atoms with van der Waals surface area (Å²) < 4.78 is 6.37. The number of anilines is 1. The van der Waals surface area contributed by atoms with E-state index in [-0.39, 0.29) is 11.8 Å². The summed E-state index contributed by atoms with van der Waals surface area (Å²) in [5.41, 5.74) is 3.58. The van der Waals surface area contributed by atoms with E-state index in [1.807, 2.05) is 44.2 Å². The van der Waals surface area contributed by atoms with Gasteiger partial charge in [0.15, 0.2) is 11.5 Å². The lowest BCUT2D eigenvalue weighted by atomic mass is 9.87. The van der Waals surface area contributed by atoms with Crippen LogP contribution < -0.4 is 5.32 Å². The number of aromatic nitrogens is 1. The third-order valence-corrected chi connectivity index (χ3v) is 4.40. The molecular formula is C17H13BrN2O2. The van der Waals surface area contributed by atoms with Gasteiger partial charge >= 0.3 is 0 Å². The maximum absolute atomic E-state index is 13.0. The Kier molecular flexibility index (Phi) is 2.87. The van der Waals surface area contributed by atoms with Crippen LogP contribution in [-0.4, -0.2) is 17.0 Å². The van der Waals surface area contributed by atoms with E-state index in [1.54, 1.807) is 0 Å². The molecule has 0 aliphatic heterocycles. The van der Waals surface area contributed by atoms with E-state index in [0.29, 0.717) is 22.4 Å². The second-order valence-corrected chi connectivity index (χ2v) is 6.54. The molecule has 1 N–H and O–H groups in total. The number of nitrogens with zero attached hydrogens (tertiary/aromatic N) is 1. The Hall–Kier alpha value is -2.14. The highest BCUT2D eigenvalue weighted by molar-refractivity contribution is 9.10. The van der Waals surface area contributed by atoms with Crippen LogP contribution in [0.1, 0.15) is 29.8 Å². The fourth-order valence-electron chi connectivity index (χ4n) is 2.95. The minimum atomic E-state index is 0.00644.